The molecule has 2 radical (unpaired) electrons. The first kappa shape index (κ1) is 9.45. The smallest absolute Gasteiger partial charge is 0.166 e. The van der Waals surface area contributed by atoms with Crippen molar-refractivity contribution in [3.05, 3.63) is 28.8 Å². The van der Waals surface area contributed by atoms with Crippen molar-refractivity contribution in [2.75, 3.05) is 0 Å². The number of hydrogen-bond donors (Lipinski definition) is 0. The van der Waals surface area contributed by atoms with Gasteiger partial charge in [-0.25, -0.2) is 0 Å². The van der Waals surface area contributed by atoms with Gasteiger partial charge in [-0.2, -0.15) is 13.2 Å². The van der Waals surface area contributed by atoms with E-state index in [0.717, 1.165) is 12.1 Å². The minimum atomic E-state index is -4.39. The van der Waals surface area contributed by atoms with Gasteiger partial charge in [0.25, 0.3) is 0 Å². The van der Waals surface area contributed by atoms with Crippen molar-refractivity contribution in [1.29, 1.82) is 0 Å². The minimum Gasteiger partial charge on any atom is -0.166 e. The summed E-state index contributed by atoms with van der Waals surface area (Å²) in [5, 5.41) is -0.0117. The van der Waals surface area contributed by atoms with E-state index in [-0.39, 0.29) is 10.5 Å². The molecule has 5 heteroatoms. The van der Waals surface area contributed by atoms with E-state index < -0.39 is 11.7 Å². The van der Waals surface area contributed by atoms with Crippen LogP contribution >= 0.6 is 11.6 Å². The first-order valence-corrected chi connectivity index (χ1v) is 3.40. The number of hydrogen-bond acceptors (Lipinski definition) is 0. The summed E-state index contributed by atoms with van der Waals surface area (Å²) in [4.78, 5) is 0. The summed E-state index contributed by atoms with van der Waals surface area (Å²) in [5.74, 6) is 0. The van der Waals surface area contributed by atoms with Crippen LogP contribution in [-0.2, 0) is 6.18 Å². The van der Waals surface area contributed by atoms with Gasteiger partial charge in [-0.3, -0.25) is 0 Å². The molecular formula is C7H3BClF3. The normalized spacial score (nSPS) is 11.7. The zero-order valence-electron chi connectivity index (χ0n) is 5.82. The van der Waals surface area contributed by atoms with Gasteiger partial charge < -0.3 is 0 Å². The maximum atomic E-state index is 12.0. The van der Waals surface area contributed by atoms with Gasteiger partial charge in [0.1, 0.15) is 7.85 Å². The van der Waals surface area contributed by atoms with E-state index in [1.54, 1.807) is 0 Å². The lowest BCUT2D eigenvalue weighted by Gasteiger charge is -2.07. The molecule has 0 nitrogen and oxygen atoms in total. The Hall–Kier alpha value is -0.635. The molecule has 0 N–H and O–H groups in total. The second kappa shape index (κ2) is 3.01. The Morgan fingerprint density at radius 1 is 1.17 bits per heavy atom. The van der Waals surface area contributed by atoms with E-state index in [2.05, 4.69) is 0 Å². The van der Waals surface area contributed by atoms with Crippen molar-refractivity contribution >= 4 is 24.9 Å². The molecule has 1 aromatic carbocycles. The summed E-state index contributed by atoms with van der Waals surface area (Å²) in [5.41, 5.74) is -0.817. The second-order valence-corrected chi connectivity index (χ2v) is 2.71. The fourth-order valence-corrected chi connectivity index (χ4v) is 1.02. The second-order valence-electron chi connectivity index (χ2n) is 2.27. The third-order valence-corrected chi connectivity index (χ3v) is 1.47. The van der Waals surface area contributed by atoms with Crippen LogP contribution in [0.1, 0.15) is 5.56 Å². The van der Waals surface area contributed by atoms with Gasteiger partial charge in [0.15, 0.2) is 0 Å². The Kier molecular flexibility index (Phi) is 2.37. The Morgan fingerprint density at radius 2 is 1.75 bits per heavy atom. The largest absolute Gasteiger partial charge is 0.416 e. The SMILES string of the molecule is [B]c1cc(Cl)cc(C(F)(F)F)c1. The molecule has 0 saturated carbocycles. The highest BCUT2D eigenvalue weighted by molar-refractivity contribution is 6.36. The molecule has 0 aliphatic rings. The van der Waals surface area contributed by atoms with E-state index in [1.807, 2.05) is 0 Å². The van der Waals surface area contributed by atoms with E-state index >= 15 is 0 Å². The fourth-order valence-electron chi connectivity index (χ4n) is 0.776. The van der Waals surface area contributed by atoms with Gasteiger partial charge in [0, 0.05) is 5.02 Å². The minimum absolute atomic E-state index is 0.00910. The summed E-state index contributed by atoms with van der Waals surface area (Å²) in [6.07, 6.45) is -4.39. The number of rotatable bonds is 0. The van der Waals surface area contributed by atoms with E-state index in [1.165, 1.54) is 6.07 Å². The van der Waals surface area contributed by atoms with Gasteiger partial charge in [-0.15, -0.1) is 0 Å². The van der Waals surface area contributed by atoms with Crippen molar-refractivity contribution in [2.24, 2.45) is 0 Å². The van der Waals surface area contributed by atoms with Crippen molar-refractivity contribution in [1.82, 2.24) is 0 Å². The van der Waals surface area contributed by atoms with Crippen LogP contribution in [0.2, 0.25) is 5.02 Å². The summed E-state index contributed by atoms with van der Waals surface area (Å²) in [6, 6.07) is 2.93. The van der Waals surface area contributed by atoms with Gasteiger partial charge in [-0.05, 0) is 6.07 Å². The zero-order chi connectivity index (χ0) is 9.35. The van der Waals surface area contributed by atoms with Gasteiger partial charge in [-0.1, -0.05) is 29.2 Å². The van der Waals surface area contributed by atoms with Crippen molar-refractivity contribution in [2.45, 2.75) is 6.18 Å². The van der Waals surface area contributed by atoms with Crippen LogP contribution in [0.3, 0.4) is 0 Å². The monoisotopic (exact) mass is 190 g/mol. The molecule has 1 aromatic rings. The first-order chi connectivity index (χ1) is 5.39. The molecule has 1 rings (SSSR count). The number of alkyl halides is 3. The Labute approximate surface area is 73.7 Å². The van der Waals surface area contributed by atoms with E-state index in [0.29, 0.717) is 0 Å². The molecule has 0 aromatic heterocycles. The Morgan fingerprint density at radius 3 is 2.17 bits per heavy atom. The number of benzene rings is 1. The molecule has 0 bridgehead atoms. The zero-order valence-corrected chi connectivity index (χ0v) is 6.58. The summed E-state index contributed by atoms with van der Waals surface area (Å²) < 4.78 is 36.1. The molecule has 0 aliphatic carbocycles. The first-order valence-electron chi connectivity index (χ1n) is 3.03. The van der Waals surface area contributed by atoms with Crippen molar-refractivity contribution in [3.63, 3.8) is 0 Å². The van der Waals surface area contributed by atoms with Crippen LogP contribution in [0.15, 0.2) is 18.2 Å². The maximum Gasteiger partial charge on any atom is 0.416 e. The van der Waals surface area contributed by atoms with Gasteiger partial charge in [0.05, 0.1) is 5.56 Å². The number of halogens is 4. The lowest BCUT2D eigenvalue weighted by Crippen LogP contribution is -2.11. The Bertz CT molecular complexity index is 275. The van der Waals surface area contributed by atoms with E-state index in [4.69, 9.17) is 19.4 Å². The summed E-state index contributed by atoms with van der Waals surface area (Å²) in [6.45, 7) is 0. The quantitative estimate of drug-likeness (QED) is 0.550. The molecule has 0 unspecified atom stereocenters. The maximum absolute atomic E-state index is 12.0. The molecular weight excluding hydrogens is 187 g/mol. The highest BCUT2D eigenvalue weighted by Crippen LogP contribution is 2.29. The fraction of sp³-hybridized carbons (Fsp3) is 0.143. The standard InChI is InChI=1S/C7H3BClF3/c8-5-1-4(7(10,11)12)2-6(9)3-5/h1-3H. The van der Waals surface area contributed by atoms with Crippen LogP contribution in [-0.4, -0.2) is 7.85 Å². The lowest BCUT2D eigenvalue weighted by atomic mass is 9.94. The molecule has 0 atom stereocenters. The highest BCUT2D eigenvalue weighted by Gasteiger charge is 2.30. The average Bonchev–Trinajstić information content (AvgIpc) is 1.82. The van der Waals surface area contributed by atoms with Crippen LogP contribution in [0.25, 0.3) is 0 Å². The lowest BCUT2D eigenvalue weighted by molar-refractivity contribution is -0.137. The third-order valence-electron chi connectivity index (χ3n) is 1.25. The van der Waals surface area contributed by atoms with Crippen molar-refractivity contribution in [3.8, 4) is 0 Å². The molecule has 0 amide bonds. The molecule has 12 heavy (non-hydrogen) atoms. The van der Waals surface area contributed by atoms with Gasteiger partial charge in [0.2, 0.25) is 0 Å². The predicted octanol–water partition coefficient (Wildman–Crippen LogP) is 2.15. The third kappa shape index (κ3) is 2.17. The average molecular weight is 190 g/mol. The van der Waals surface area contributed by atoms with Crippen LogP contribution < -0.4 is 5.46 Å². The highest BCUT2D eigenvalue weighted by atomic mass is 35.5. The Balaban J connectivity index is 3.18. The van der Waals surface area contributed by atoms with Crippen LogP contribution in [0.4, 0.5) is 13.2 Å². The molecule has 0 heterocycles. The molecule has 0 saturated heterocycles. The molecule has 0 spiro atoms. The van der Waals surface area contributed by atoms with E-state index in [9.17, 15) is 13.2 Å². The van der Waals surface area contributed by atoms with Crippen LogP contribution in [0.5, 0.6) is 0 Å². The summed E-state index contributed by atoms with van der Waals surface area (Å²) >= 11 is 5.38. The topological polar surface area (TPSA) is 0 Å². The molecule has 0 fully saturated rings. The molecule has 62 valence electrons. The molecule has 0 aliphatic heterocycles. The summed E-state index contributed by atoms with van der Waals surface area (Å²) in [7, 11) is 5.17. The van der Waals surface area contributed by atoms with Crippen LogP contribution in [0, 0.1) is 0 Å². The van der Waals surface area contributed by atoms with Crippen molar-refractivity contribution < 1.29 is 13.2 Å². The predicted molar refractivity (Wildman–Crippen MR) is 41.8 cm³/mol. The van der Waals surface area contributed by atoms with Gasteiger partial charge >= 0.3 is 6.18 Å².